The van der Waals surface area contributed by atoms with Crippen molar-refractivity contribution in [3.05, 3.63) is 35.9 Å². The summed E-state index contributed by atoms with van der Waals surface area (Å²) in [7, 11) is 0. The van der Waals surface area contributed by atoms with Crippen LogP contribution in [0.1, 0.15) is 18.9 Å². The van der Waals surface area contributed by atoms with Gasteiger partial charge in [-0.3, -0.25) is 10.2 Å². The van der Waals surface area contributed by atoms with Crippen LogP contribution < -0.4 is 11.2 Å². The lowest BCUT2D eigenvalue weighted by atomic mass is 10.2. The van der Waals surface area contributed by atoms with Crippen molar-refractivity contribution in [1.29, 1.82) is 0 Å². The minimum absolute atomic E-state index is 0.0194. The molecule has 0 saturated heterocycles. The third kappa shape index (κ3) is 6.89. The lowest BCUT2D eigenvalue weighted by Gasteiger charge is -2.24. The molecule has 2 amide bonds. The van der Waals surface area contributed by atoms with Crippen LogP contribution in [0.2, 0.25) is 0 Å². The molecule has 23 heavy (non-hydrogen) atoms. The minimum atomic E-state index is -1.46. The zero-order valence-electron chi connectivity index (χ0n) is 13.0. The van der Waals surface area contributed by atoms with Gasteiger partial charge in [0.1, 0.15) is 6.10 Å². The molecule has 1 unspecified atom stereocenters. The number of nitrogens with zero attached hydrogens (tertiary/aromatic N) is 1. The van der Waals surface area contributed by atoms with Crippen molar-refractivity contribution in [3.8, 4) is 0 Å². The monoisotopic (exact) mass is 341 g/mol. The van der Waals surface area contributed by atoms with E-state index in [-0.39, 0.29) is 6.54 Å². The molecule has 0 saturated carbocycles. The fourth-order valence-electron chi connectivity index (χ4n) is 1.77. The van der Waals surface area contributed by atoms with Crippen LogP contribution in [-0.4, -0.2) is 50.9 Å². The van der Waals surface area contributed by atoms with E-state index in [4.69, 9.17) is 5.73 Å². The Kier molecular flexibility index (Phi) is 8.46. The molecule has 0 aromatic heterocycles. The largest absolute Gasteiger partial charge is 0.464 e. The van der Waals surface area contributed by atoms with Crippen molar-refractivity contribution in [2.45, 2.75) is 32.0 Å². The van der Waals surface area contributed by atoms with Gasteiger partial charge in [0.05, 0.1) is 6.54 Å². The van der Waals surface area contributed by atoms with Crippen LogP contribution in [0.4, 0.5) is 4.79 Å². The SMILES string of the molecule is CCCSC[C@@H](N)C(O)C(=O)NN(Cc1ccccc1)C(=O)O. The number of hydrogen-bond donors (Lipinski definition) is 4. The molecule has 0 aliphatic rings. The van der Waals surface area contributed by atoms with Crippen LogP contribution in [0.15, 0.2) is 30.3 Å². The summed E-state index contributed by atoms with van der Waals surface area (Å²) in [6.45, 7) is 2.00. The van der Waals surface area contributed by atoms with Gasteiger partial charge in [-0.05, 0) is 17.7 Å². The Morgan fingerprint density at radius 2 is 2.00 bits per heavy atom. The minimum Gasteiger partial charge on any atom is -0.464 e. The first-order chi connectivity index (χ1) is 11.0. The molecule has 8 heteroatoms. The van der Waals surface area contributed by atoms with Gasteiger partial charge in [0.15, 0.2) is 0 Å². The van der Waals surface area contributed by atoms with Crippen LogP contribution in [0.5, 0.6) is 0 Å². The summed E-state index contributed by atoms with van der Waals surface area (Å²) in [5, 5.41) is 19.8. The van der Waals surface area contributed by atoms with Gasteiger partial charge in [-0.2, -0.15) is 11.8 Å². The number of rotatable bonds is 8. The van der Waals surface area contributed by atoms with E-state index < -0.39 is 24.1 Å². The van der Waals surface area contributed by atoms with Gasteiger partial charge in [0.2, 0.25) is 0 Å². The number of hydrogen-bond acceptors (Lipinski definition) is 5. The maximum atomic E-state index is 12.0. The number of carbonyl (C=O) groups is 2. The van der Waals surface area contributed by atoms with Crippen molar-refractivity contribution >= 4 is 23.8 Å². The Bertz CT molecular complexity index is 501. The van der Waals surface area contributed by atoms with E-state index in [1.807, 2.05) is 13.0 Å². The van der Waals surface area contributed by atoms with E-state index in [9.17, 15) is 19.8 Å². The number of hydrazine groups is 1. The fourth-order valence-corrected chi connectivity index (χ4v) is 2.68. The molecule has 7 nitrogen and oxygen atoms in total. The van der Waals surface area contributed by atoms with Gasteiger partial charge >= 0.3 is 6.09 Å². The highest BCUT2D eigenvalue weighted by atomic mass is 32.2. The van der Waals surface area contributed by atoms with Gasteiger partial charge in [-0.1, -0.05) is 37.3 Å². The fraction of sp³-hybridized carbons (Fsp3) is 0.467. The zero-order valence-corrected chi connectivity index (χ0v) is 13.8. The topological polar surface area (TPSA) is 116 Å². The molecule has 0 heterocycles. The number of benzene rings is 1. The summed E-state index contributed by atoms with van der Waals surface area (Å²) in [6, 6.07) is 8.08. The highest BCUT2D eigenvalue weighted by Gasteiger charge is 2.26. The Labute approximate surface area is 139 Å². The van der Waals surface area contributed by atoms with Gasteiger partial charge in [0.25, 0.3) is 5.91 Å². The molecule has 2 atom stereocenters. The lowest BCUT2D eigenvalue weighted by molar-refractivity contribution is -0.134. The molecule has 0 aliphatic heterocycles. The molecule has 0 fully saturated rings. The Morgan fingerprint density at radius 1 is 1.35 bits per heavy atom. The van der Waals surface area contributed by atoms with E-state index in [2.05, 4.69) is 5.43 Å². The molecule has 0 spiro atoms. The quantitative estimate of drug-likeness (QED) is 0.414. The smallest absolute Gasteiger partial charge is 0.426 e. The lowest BCUT2D eigenvalue weighted by Crippen LogP contribution is -2.54. The molecule has 5 N–H and O–H groups in total. The normalized spacial score (nSPS) is 13.2. The van der Waals surface area contributed by atoms with Gasteiger partial charge in [-0.25, -0.2) is 9.80 Å². The van der Waals surface area contributed by atoms with Crippen molar-refractivity contribution < 1.29 is 19.8 Å². The van der Waals surface area contributed by atoms with Crippen LogP contribution in [0.3, 0.4) is 0 Å². The molecule has 1 aromatic rings. The number of thioether (sulfide) groups is 1. The van der Waals surface area contributed by atoms with Crippen molar-refractivity contribution in [1.82, 2.24) is 10.4 Å². The molecule has 0 bridgehead atoms. The zero-order chi connectivity index (χ0) is 17.2. The Hall–Kier alpha value is -1.77. The summed E-state index contributed by atoms with van der Waals surface area (Å²) in [4.78, 5) is 23.2. The molecule has 1 rings (SSSR count). The molecular formula is C15H23N3O4S. The second-order valence-corrected chi connectivity index (χ2v) is 6.16. The highest BCUT2D eigenvalue weighted by molar-refractivity contribution is 7.99. The summed E-state index contributed by atoms with van der Waals surface area (Å²) < 4.78 is 0. The number of nitrogens with two attached hydrogens (primary N) is 1. The van der Waals surface area contributed by atoms with Crippen LogP contribution in [-0.2, 0) is 11.3 Å². The molecule has 0 radical (unpaired) electrons. The van der Waals surface area contributed by atoms with E-state index in [1.54, 1.807) is 24.3 Å². The third-order valence-electron chi connectivity index (χ3n) is 2.99. The molecular weight excluding hydrogens is 318 g/mol. The summed E-state index contributed by atoms with van der Waals surface area (Å²) in [5.74, 6) is 0.485. The first kappa shape index (κ1) is 19.3. The molecule has 128 valence electrons. The van der Waals surface area contributed by atoms with E-state index in [0.717, 1.165) is 17.2 Å². The Morgan fingerprint density at radius 3 is 2.57 bits per heavy atom. The number of nitrogens with one attached hydrogen (secondary N) is 1. The maximum absolute atomic E-state index is 12.0. The van der Waals surface area contributed by atoms with Gasteiger partial charge in [0, 0.05) is 11.8 Å². The predicted octanol–water partition coefficient (Wildman–Crippen LogP) is 1.03. The average molecular weight is 341 g/mol. The number of carbonyl (C=O) groups excluding carboxylic acids is 1. The van der Waals surface area contributed by atoms with Crippen molar-refractivity contribution in [2.75, 3.05) is 11.5 Å². The third-order valence-corrected chi connectivity index (χ3v) is 4.31. The Balaban J connectivity index is 2.58. The van der Waals surface area contributed by atoms with E-state index >= 15 is 0 Å². The molecule has 1 aromatic carbocycles. The standard InChI is InChI=1S/C15H23N3O4S/c1-2-8-23-10-12(16)13(19)14(20)17-18(15(21)22)9-11-6-4-3-5-7-11/h3-7,12-13,19H,2,8-10,16H2,1H3,(H,17,20)(H,21,22)/t12-,13?/m1/s1. The summed E-state index contributed by atoms with van der Waals surface area (Å²) in [6.07, 6.45) is -1.80. The summed E-state index contributed by atoms with van der Waals surface area (Å²) >= 11 is 1.54. The second kappa shape index (κ2) is 10.1. The summed E-state index contributed by atoms with van der Waals surface area (Å²) in [5.41, 5.74) is 8.67. The first-order valence-electron chi connectivity index (χ1n) is 7.32. The number of amides is 2. The van der Waals surface area contributed by atoms with Gasteiger partial charge < -0.3 is 15.9 Å². The number of aliphatic hydroxyl groups excluding tert-OH is 1. The van der Waals surface area contributed by atoms with Crippen LogP contribution >= 0.6 is 11.8 Å². The van der Waals surface area contributed by atoms with Crippen molar-refractivity contribution in [2.24, 2.45) is 5.73 Å². The molecule has 0 aliphatic carbocycles. The van der Waals surface area contributed by atoms with Crippen molar-refractivity contribution in [3.63, 3.8) is 0 Å². The average Bonchev–Trinajstić information content (AvgIpc) is 2.54. The van der Waals surface area contributed by atoms with Gasteiger partial charge in [-0.15, -0.1) is 0 Å². The van der Waals surface area contributed by atoms with E-state index in [0.29, 0.717) is 11.3 Å². The number of carboxylic acid groups (broad SMARTS) is 1. The predicted molar refractivity (Wildman–Crippen MR) is 89.8 cm³/mol. The van der Waals surface area contributed by atoms with Crippen LogP contribution in [0, 0.1) is 0 Å². The maximum Gasteiger partial charge on any atom is 0.426 e. The van der Waals surface area contributed by atoms with E-state index in [1.165, 1.54) is 11.8 Å². The second-order valence-electron chi connectivity index (χ2n) is 5.01. The number of aliphatic hydroxyl groups is 1. The highest BCUT2D eigenvalue weighted by Crippen LogP contribution is 2.07. The first-order valence-corrected chi connectivity index (χ1v) is 8.47. The van der Waals surface area contributed by atoms with Crippen LogP contribution in [0.25, 0.3) is 0 Å².